The van der Waals surface area contributed by atoms with Gasteiger partial charge in [-0.25, -0.2) is 14.8 Å². The number of carbonyl (C=O) groups excluding carboxylic acids is 1. The minimum absolute atomic E-state index is 0.128. The zero-order valence-corrected chi connectivity index (χ0v) is 19.8. The molecular weight excluding hydrogens is 442 g/mol. The van der Waals surface area contributed by atoms with Gasteiger partial charge in [0, 0.05) is 35.8 Å². The largest absolute Gasteiger partial charge is 0.377 e. The third-order valence-electron chi connectivity index (χ3n) is 6.51. The summed E-state index contributed by atoms with van der Waals surface area (Å²) in [6, 6.07) is 7.74. The normalized spacial score (nSPS) is 25.2. The van der Waals surface area contributed by atoms with E-state index in [0.717, 1.165) is 35.5 Å². The van der Waals surface area contributed by atoms with Gasteiger partial charge in [0.25, 0.3) is 0 Å². The zero-order valence-electron chi connectivity index (χ0n) is 19.0. The number of nitrogens with zero attached hydrogens (tertiary/aromatic N) is 3. The molecule has 2 amide bonds. The number of ether oxygens (including phenoxy) is 1. The first-order valence-electron chi connectivity index (χ1n) is 11.5. The summed E-state index contributed by atoms with van der Waals surface area (Å²) in [5.41, 5.74) is 3.26. The summed E-state index contributed by atoms with van der Waals surface area (Å²) in [5.74, 6) is 1.55. The molecule has 3 aliphatic rings. The fraction of sp³-hybridized carbons (Fsp3) is 0.522. The van der Waals surface area contributed by atoms with Crippen molar-refractivity contribution in [3.05, 3.63) is 35.5 Å². The minimum Gasteiger partial charge on any atom is -0.377 e. The van der Waals surface area contributed by atoms with Crippen LogP contribution in [0.5, 0.6) is 0 Å². The highest BCUT2D eigenvalue weighted by molar-refractivity contribution is 8.24. The van der Waals surface area contributed by atoms with Gasteiger partial charge < -0.3 is 20.3 Å². The van der Waals surface area contributed by atoms with Crippen LogP contribution in [0.1, 0.15) is 37.9 Å². The number of anilines is 2. The average molecular weight is 474 g/mol. The molecule has 5 rings (SSSR count). The third kappa shape index (κ3) is 4.79. The van der Waals surface area contributed by atoms with Crippen LogP contribution in [0.4, 0.5) is 16.3 Å². The Balaban J connectivity index is 1.47. The average Bonchev–Trinajstić information content (AvgIpc) is 3.59. The summed E-state index contributed by atoms with van der Waals surface area (Å²) >= 11 is 0. The molecule has 2 aliphatic heterocycles. The quantitative estimate of drug-likeness (QED) is 0.532. The Bertz CT molecular complexity index is 1040. The fourth-order valence-corrected chi connectivity index (χ4v) is 5.72. The number of fused-ring (bicyclic) bond motifs is 1. The highest BCUT2D eigenvalue weighted by Crippen LogP contribution is 2.53. The number of benzene rings is 1. The Hall–Kier alpha value is -2.40. The van der Waals surface area contributed by atoms with Crippen molar-refractivity contribution in [2.45, 2.75) is 56.2 Å². The van der Waals surface area contributed by atoms with Crippen LogP contribution < -0.4 is 15.5 Å². The predicted octanol–water partition coefficient (Wildman–Crippen LogP) is 3.85. The van der Waals surface area contributed by atoms with Gasteiger partial charge in [-0.2, -0.15) is 10.6 Å². The molecule has 0 bridgehead atoms. The van der Waals surface area contributed by atoms with Gasteiger partial charge in [0.2, 0.25) is 0 Å². The number of rotatable bonds is 4. The van der Waals surface area contributed by atoms with Crippen LogP contribution in [0.2, 0.25) is 0 Å². The molecule has 0 radical (unpaired) electrons. The van der Waals surface area contributed by atoms with Crippen LogP contribution in [0.3, 0.4) is 0 Å². The molecule has 4 N–H and O–H groups in total. The second-order valence-electron chi connectivity index (χ2n) is 9.24. The SMILES string of the molecule is CC1COCCN1c1nc(-c2ccc(NC(=O)NC3CC3)cc2)nc2c1CS(O)(O)C(C)C2. The molecule has 1 saturated carbocycles. The van der Waals surface area contributed by atoms with E-state index in [2.05, 4.69) is 22.5 Å². The number of urea groups is 1. The molecule has 2 aromatic rings. The molecule has 178 valence electrons. The lowest BCUT2D eigenvalue weighted by atomic mass is 10.1. The lowest BCUT2D eigenvalue weighted by Crippen LogP contribution is -2.45. The number of carbonyl (C=O) groups is 1. The van der Waals surface area contributed by atoms with Crippen molar-refractivity contribution in [1.82, 2.24) is 15.3 Å². The van der Waals surface area contributed by atoms with Crippen molar-refractivity contribution in [3.63, 3.8) is 0 Å². The van der Waals surface area contributed by atoms with Crippen molar-refractivity contribution >= 4 is 28.1 Å². The van der Waals surface area contributed by atoms with Crippen LogP contribution in [-0.2, 0) is 16.9 Å². The van der Waals surface area contributed by atoms with Crippen LogP contribution in [-0.4, -0.2) is 62.2 Å². The Morgan fingerprint density at radius 3 is 2.64 bits per heavy atom. The second kappa shape index (κ2) is 8.75. The van der Waals surface area contributed by atoms with Gasteiger partial charge >= 0.3 is 6.03 Å². The van der Waals surface area contributed by atoms with Gasteiger partial charge in [0.05, 0.1) is 36.0 Å². The smallest absolute Gasteiger partial charge is 0.319 e. The first kappa shape index (κ1) is 22.4. The van der Waals surface area contributed by atoms with E-state index in [1.165, 1.54) is 0 Å². The molecule has 1 aliphatic carbocycles. The molecular formula is C23H31N5O4S. The maximum absolute atomic E-state index is 12.0. The number of aromatic nitrogens is 2. The Morgan fingerprint density at radius 2 is 1.94 bits per heavy atom. The summed E-state index contributed by atoms with van der Waals surface area (Å²) in [6.45, 7) is 5.85. The van der Waals surface area contributed by atoms with Crippen LogP contribution >= 0.6 is 10.6 Å². The molecule has 9 nitrogen and oxygen atoms in total. The molecule has 1 aromatic heterocycles. The minimum atomic E-state index is -2.74. The number of amides is 2. The van der Waals surface area contributed by atoms with E-state index in [0.29, 0.717) is 43.7 Å². The summed E-state index contributed by atoms with van der Waals surface area (Å²) in [7, 11) is -2.74. The van der Waals surface area contributed by atoms with Crippen LogP contribution in [0, 0.1) is 0 Å². The van der Waals surface area contributed by atoms with E-state index < -0.39 is 10.6 Å². The van der Waals surface area contributed by atoms with E-state index in [4.69, 9.17) is 14.7 Å². The first-order chi connectivity index (χ1) is 15.8. The summed E-state index contributed by atoms with van der Waals surface area (Å²) in [4.78, 5) is 24.0. The fourth-order valence-electron chi connectivity index (χ4n) is 4.29. The van der Waals surface area contributed by atoms with Gasteiger partial charge in [-0.3, -0.25) is 9.11 Å². The number of hydrogen-bond donors (Lipinski definition) is 4. The topological polar surface area (TPSA) is 120 Å². The third-order valence-corrected chi connectivity index (χ3v) is 8.68. The number of nitrogens with one attached hydrogen (secondary N) is 2. The molecule has 2 atom stereocenters. The van der Waals surface area contributed by atoms with Crippen molar-refractivity contribution in [2.75, 3.05) is 30.0 Å². The summed E-state index contributed by atoms with van der Waals surface area (Å²) in [6.07, 6.45) is 2.58. The molecule has 2 fully saturated rings. The second-order valence-corrected chi connectivity index (χ2v) is 11.8. The lowest BCUT2D eigenvalue weighted by Gasteiger charge is -2.44. The van der Waals surface area contributed by atoms with Crippen molar-refractivity contribution < 1.29 is 18.6 Å². The van der Waals surface area contributed by atoms with Gasteiger partial charge in [0.15, 0.2) is 5.82 Å². The number of hydrogen-bond acceptors (Lipinski definition) is 7. The van der Waals surface area contributed by atoms with E-state index in [-0.39, 0.29) is 23.1 Å². The molecule has 10 heteroatoms. The predicted molar refractivity (Wildman–Crippen MR) is 130 cm³/mol. The monoisotopic (exact) mass is 473 g/mol. The molecule has 1 aromatic carbocycles. The summed E-state index contributed by atoms with van der Waals surface area (Å²) in [5, 5.41) is 5.52. The maximum atomic E-state index is 12.0. The number of morpholine rings is 1. The van der Waals surface area contributed by atoms with Crippen LogP contribution in [0.15, 0.2) is 24.3 Å². The zero-order chi connectivity index (χ0) is 23.2. The van der Waals surface area contributed by atoms with Crippen molar-refractivity contribution in [2.24, 2.45) is 0 Å². The lowest BCUT2D eigenvalue weighted by molar-refractivity contribution is 0.0984. The molecule has 3 heterocycles. The Labute approximate surface area is 195 Å². The maximum Gasteiger partial charge on any atom is 0.319 e. The Kier molecular flexibility index (Phi) is 5.94. The van der Waals surface area contributed by atoms with Gasteiger partial charge in [-0.05, 0) is 51.0 Å². The molecule has 33 heavy (non-hydrogen) atoms. The standard InChI is InChI=1S/C23H31N5O4S/c1-14-12-32-10-9-28(14)22-19-13-33(30,31)15(2)11-20(19)26-21(27-22)16-3-5-17(6-4-16)24-23(29)25-18-7-8-18/h3-6,14-15,18,30-31H,7-13H2,1-2H3,(H2,24,25,29). The van der Waals surface area contributed by atoms with Gasteiger partial charge in [-0.15, -0.1) is 0 Å². The molecule has 1 saturated heterocycles. The van der Waals surface area contributed by atoms with E-state index >= 15 is 0 Å². The Morgan fingerprint density at radius 1 is 1.18 bits per heavy atom. The highest BCUT2D eigenvalue weighted by Gasteiger charge is 2.35. The van der Waals surface area contributed by atoms with Gasteiger partial charge in [0.1, 0.15) is 5.82 Å². The van der Waals surface area contributed by atoms with Crippen molar-refractivity contribution in [1.29, 1.82) is 0 Å². The van der Waals surface area contributed by atoms with Crippen LogP contribution in [0.25, 0.3) is 11.4 Å². The van der Waals surface area contributed by atoms with E-state index in [9.17, 15) is 13.9 Å². The summed E-state index contributed by atoms with van der Waals surface area (Å²) < 4.78 is 26.9. The van der Waals surface area contributed by atoms with Crippen molar-refractivity contribution in [3.8, 4) is 11.4 Å². The first-order valence-corrected chi connectivity index (χ1v) is 13.2. The van der Waals surface area contributed by atoms with E-state index in [1.807, 2.05) is 31.2 Å². The molecule has 2 unspecified atom stereocenters. The highest BCUT2D eigenvalue weighted by atomic mass is 32.3. The van der Waals surface area contributed by atoms with E-state index in [1.54, 1.807) is 0 Å². The van der Waals surface area contributed by atoms with Gasteiger partial charge in [-0.1, -0.05) is 0 Å². The molecule has 0 spiro atoms.